The van der Waals surface area contributed by atoms with E-state index in [1.807, 2.05) is 0 Å². The molecule has 0 spiro atoms. The van der Waals surface area contributed by atoms with Gasteiger partial charge in [-0.15, -0.1) is 0 Å². The summed E-state index contributed by atoms with van der Waals surface area (Å²) in [7, 11) is -3.96. The molecule has 0 unspecified atom stereocenters. The Labute approximate surface area is 153 Å². The van der Waals surface area contributed by atoms with Crippen molar-refractivity contribution >= 4 is 43.0 Å². The van der Waals surface area contributed by atoms with Crippen molar-refractivity contribution in [3.05, 3.63) is 56.5 Å². The smallest absolute Gasteiger partial charge is 0.271 e. The average molecular weight is 430 g/mol. The van der Waals surface area contributed by atoms with Gasteiger partial charge in [-0.1, -0.05) is 22.0 Å². The lowest BCUT2D eigenvalue weighted by molar-refractivity contribution is -0.384. The Morgan fingerprint density at radius 2 is 1.92 bits per heavy atom. The number of nitrogens with zero attached hydrogens (tertiary/aromatic N) is 1. The lowest BCUT2D eigenvalue weighted by Crippen LogP contribution is -2.16. The highest BCUT2D eigenvalue weighted by atomic mass is 79.9. The van der Waals surface area contributed by atoms with E-state index < -0.39 is 14.9 Å². The van der Waals surface area contributed by atoms with Crippen molar-refractivity contribution in [2.45, 2.75) is 11.8 Å². The summed E-state index contributed by atoms with van der Waals surface area (Å²) >= 11 is 3.23. The van der Waals surface area contributed by atoms with Gasteiger partial charge in [-0.2, -0.15) is 0 Å². The molecule has 0 fully saturated rings. The molecule has 25 heavy (non-hydrogen) atoms. The van der Waals surface area contributed by atoms with E-state index in [4.69, 9.17) is 5.11 Å². The zero-order chi connectivity index (χ0) is 18.6. The minimum Gasteiger partial charge on any atom is -0.395 e. The molecule has 0 aliphatic carbocycles. The second-order valence-electron chi connectivity index (χ2n) is 5.15. The van der Waals surface area contributed by atoms with Gasteiger partial charge in [0.05, 0.1) is 27.8 Å². The molecule has 3 N–H and O–H groups in total. The van der Waals surface area contributed by atoms with Crippen LogP contribution in [-0.2, 0) is 10.0 Å². The molecule has 2 rings (SSSR count). The maximum absolute atomic E-state index is 12.7. The number of halogens is 1. The number of aliphatic hydroxyl groups excluding tert-OH is 1. The summed E-state index contributed by atoms with van der Waals surface area (Å²) in [5.74, 6) is 0. The van der Waals surface area contributed by atoms with Crippen LogP contribution >= 0.6 is 15.9 Å². The molecule has 0 aliphatic rings. The third kappa shape index (κ3) is 4.68. The van der Waals surface area contributed by atoms with Gasteiger partial charge in [0.25, 0.3) is 15.7 Å². The van der Waals surface area contributed by atoms with Crippen LogP contribution in [0.3, 0.4) is 0 Å². The molecule has 0 radical (unpaired) electrons. The molecule has 0 aromatic heterocycles. The van der Waals surface area contributed by atoms with Gasteiger partial charge >= 0.3 is 0 Å². The van der Waals surface area contributed by atoms with E-state index in [-0.39, 0.29) is 29.4 Å². The van der Waals surface area contributed by atoms with Crippen LogP contribution in [0.2, 0.25) is 0 Å². The second-order valence-corrected chi connectivity index (χ2v) is 7.72. The van der Waals surface area contributed by atoms with Crippen molar-refractivity contribution < 1.29 is 18.4 Å². The third-order valence-electron chi connectivity index (χ3n) is 3.33. The molecule has 0 atom stereocenters. The van der Waals surface area contributed by atoms with Crippen LogP contribution in [0, 0.1) is 17.0 Å². The van der Waals surface area contributed by atoms with Crippen LogP contribution < -0.4 is 10.0 Å². The highest BCUT2D eigenvalue weighted by molar-refractivity contribution is 9.10. The first-order chi connectivity index (χ1) is 11.7. The molecular weight excluding hydrogens is 414 g/mol. The summed E-state index contributed by atoms with van der Waals surface area (Å²) in [4.78, 5) is 10.4. The highest BCUT2D eigenvalue weighted by Crippen LogP contribution is 2.30. The Bertz CT molecular complexity index is 902. The maximum Gasteiger partial charge on any atom is 0.271 e. The topological polar surface area (TPSA) is 122 Å². The monoisotopic (exact) mass is 429 g/mol. The third-order valence-corrected chi connectivity index (χ3v) is 5.33. The van der Waals surface area contributed by atoms with Crippen molar-refractivity contribution in [3.63, 3.8) is 0 Å². The number of sulfonamides is 1. The number of hydrogen-bond donors (Lipinski definition) is 3. The Morgan fingerprint density at radius 3 is 2.56 bits per heavy atom. The van der Waals surface area contributed by atoms with Crippen LogP contribution in [0.5, 0.6) is 0 Å². The molecule has 2 aromatic rings. The van der Waals surface area contributed by atoms with Gasteiger partial charge in [-0.25, -0.2) is 8.42 Å². The number of hydrogen-bond acceptors (Lipinski definition) is 6. The zero-order valence-corrected chi connectivity index (χ0v) is 15.6. The molecule has 0 bridgehead atoms. The highest BCUT2D eigenvalue weighted by Gasteiger charge is 2.20. The summed E-state index contributed by atoms with van der Waals surface area (Å²) < 4.78 is 28.4. The van der Waals surface area contributed by atoms with Crippen molar-refractivity contribution in [2.75, 3.05) is 23.2 Å². The molecule has 2 aromatic carbocycles. The summed E-state index contributed by atoms with van der Waals surface area (Å²) in [5, 5.41) is 22.7. The molecule has 0 heterocycles. The summed E-state index contributed by atoms with van der Waals surface area (Å²) in [6.07, 6.45) is 0. The maximum atomic E-state index is 12.7. The molecule has 0 saturated carbocycles. The first kappa shape index (κ1) is 19.2. The van der Waals surface area contributed by atoms with Crippen molar-refractivity contribution in [1.29, 1.82) is 0 Å². The number of benzene rings is 2. The Hall–Kier alpha value is -2.17. The van der Waals surface area contributed by atoms with Crippen LogP contribution in [0.15, 0.2) is 45.8 Å². The minimum atomic E-state index is -3.96. The van der Waals surface area contributed by atoms with E-state index in [1.165, 1.54) is 18.2 Å². The number of anilines is 2. The normalized spacial score (nSPS) is 11.2. The standard InChI is InChI=1S/C15H16BrN3O5S/c1-10-2-3-11(16)8-15(10)25(23,24)18-14-9-12(19(21)22)4-5-13(14)17-6-7-20/h2-5,8-9,17-18,20H,6-7H2,1H3. The SMILES string of the molecule is Cc1ccc(Br)cc1S(=O)(=O)Nc1cc([N+](=O)[O-])ccc1NCCO. The summed E-state index contributed by atoms with van der Waals surface area (Å²) in [6, 6.07) is 8.59. The lowest BCUT2D eigenvalue weighted by Gasteiger charge is -2.15. The molecule has 0 saturated heterocycles. The zero-order valence-electron chi connectivity index (χ0n) is 13.2. The van der Waals surface area contributed by atoms with Crippen molar-refractivity contribution in [3.8, 4) is 0 Å². The van der Waals surface area contributed by atoms with Gasteiger partial charge in [-0.05, 0) is 30.7 Å². The van der Waals surface area contributed by atoms with E-state index in [9.17, 15) is 18.5 Å². The van der Waals surface area contributed by atoms with Gasteiger partial charge in [0, 0.05) is 23.2 Å². The number of nitro groups is 1. The fourth-order valence-electron chi connectivity index (χ4n) is 2.14. The predicted octanol–water partition coefficient (Wildman–Crippen LogP) is 2.87. The number of rotatable bonds is 7. The predicted molar refractivity (Wildman–Crippen MR) is 98.4 cm³/mol. The van der Waals surface area contributed by atoms with E-state index in [0.717, 1.165) is 6.07 Å². The van der Waals surface area contributed by atoms with E-state index in [1.54, 1.807) is 19.1 Å². The minimum absolute atomic E-state index is 0.0297. The average Bonchev–Trinajstić information content (AvgIpc) is 2.55. The fourth-order valence-corrected chi connectivity index (χ4v) is 3.99. The van der Waals surface area contributed by atoms with E-state index in [2.05, 4.69) is 26.0 Å². The van der Waals surface area contributed by atoms with Crippen LogP contribution in [0.25, 0.3) is 0 Å². The molecule has 0 aliphatic heterocycles. The van der Waals surface area contributed by atoms with Crippen molar-refractivity contribution in [2.24, 2.45) is 0 Å². The van der Waals surface area contributed by atoms with Gasteiger partial charge in [-0.3, -0.25) is 14.8 Å². The quantitative estimate of drug-likeness (QED) is 0.459. The summed E-state index contributed by atoms with van der Waals surface area (Å²) in [6.45, 7) is 1.65. The first-order valence-electron chi connectivity index (χ1n) is 7.17. The fraction of sp³-hybridized carbons (Fsp3) is 0.200. The molecular formula is C15H16BrN3O5S. The second kappa shape index (κ2) is 7.81. The molecule has 10 heteroatoms. The number of aliphatic hydroxyl groups is 1. The van der Waals surface area contributed by atoms with Gasteiger partial charge < -0.3 is 10.4 Å². The Kier molecular flexibility index (Phi) is 5.98. The number of nitro benzene ring substituents is 1. The first-order valence-corrected chi connectivity index (χ1v) is 9.44. The van der Waals surface area contributed by atoms with Gasteiger partial charge in [0.2, 0.25) is 0 Å². The van der Waals surface area contributed by atoms with Gasteiger partial charge in [0.1, 0.15) is 0 Å². The van der Waals surface area contributed by atoms with Crippen LogP contribution in [0.1, 0.15) is 5.56 Å². The largest absolute Gasteiger partial charge is 0.395 e. The van der Waals surface area contributed by atoms with Crippen LogP contribution in [-0.4, -0.2) is 31.6 Å². The molecule has 0 amide bonds. The molecule has 8 nitrogen and oxygen atoms in total. The number of nitrogens with one attached hydrogen (secondary N) is 2. The van der Waals surface area contributed by atoms with E-state index in [0.29, 0.717) is 15.7 Å². The number of non-ortho nitro benzene ring substituents is 1. The Morgan fingerprint density at radius 1 is 1.20 bits per heavy atom. The molecule has 134 valence electrons. The van der Waals surface area contributed by atoms with Crippen LogP contribution in [0.4, 0.5) is 17.1 Å². The van der Waals surface area contributed by atoms with Crippen molar-refractivity contribution in [1.82, 2.24) is 0 Å². The Balaban J connectivity index is 2.47. The van der Waals surface area contributed by atoms with Gasteiger partial charge in [0.15, 0.2) is 0 Å². The summed E-state index contributed by atoms with van der Waals surface area (Å²) in [5.41, 5.74) is 0.641. The van der Waals surface area contributed by atoms with E-state index >= 15 is 0 Å². The lowest BCUT2D eigenvalue weighted by atomic mass is 10.2. The number of aryl methyl sites for hydroxylation is 1.